The van der Waals surface area contributed by atoms with E-state index in [-0.39, 0.29) is 22.9 Å². The molecule has 0 spiro atoms. The summed E-state index contributed by atoms with van der Waals surface area (Å²) in [6.07, 6.45) is 3.89. The van der Waals surface area contributed by atoms with E-state index in [0.717, 1.165) is 42.7 Å². The van der Waals surface area contributed by atoms with Gasteiger partial charge in [-0.05, 0) is 73.5 Å². The zero-order chi connectivity index (χ0) is 24.6. The lowest BCUT2D eigenvalue weighted by Crippen LogP contribution is -2.40. The Morgan fingerprint density at radius 1 is 1.29 bits per heavy atom. The minimum atomic E-state index is -0.268. The highest BCUT2D eigenvalue weighted by Crippen LogP contribution is 2.39. The average Bonchev–Trinajstić information content (AvgIpc) is 3.21. The largest absolute Gasteiger partial charge is 0.358 e. The molecule has 1 fully saturated rings. The minimum absolute atomic E-state index is 0.0644. The Bertz CT molecular complexity index is 1330. The molecule has 3 heterocycles. The van der Waals surface area contributed by atoms with Gasteiger partial charge in [0.25, 0.3) is 5.56 Å². The van der Waals surface area contributed by atoms with Crippen LogP contribution in [0.3, 0.4) is 0 Å². The highest BCUT2D eigenvalue weighted by Gasteiger charge is 2.24. The van der Waals surface area contributed by atoms with Crippen molar-refractivity contribution in [2.45, 2.75) is 45.4 Å². The first-order chi connectivity index (χ1) is 16.2. The van der Waals surface area contributed by atoms with E-state index in [0.29, 0.717) is 18.0 Å². The molecule has 34 heavy (non-hydrogen) atoms. The molecule has 0 radical (unpaired) electrons. The van der Waals surface area contributed by atoms with Crippen molar-refractivity contribution in [2.24, 2.45) is 7.05 Å². The summed E-state index contributed by atoms with van der Waals surface area (Å²) in [5, 5.41) is 13.5. The molecule has 2 aromatic heterocycles. The molecule has 1 aromatic carbocycles. The van der Waals surface area contributed by atoms with Crippen LogP contribution in [-0.2, 0) is 11.8 Å². The van der Waals surface area contributed by atoms with Crippen molar-refractivity contribution in [2.75, 3.05) is 26.7 Å². The monoisotopic (exact) mass is 459 g/mol. The normalized spacial score (nSPS) is 15.1. The van der Waals surface area contributed by atoms with Gasteiger partial charge in [0.05, 0.1) is 12.2 Å². The molecule has 0 saturated carbocycles. The number of carbonyl (C=O) groups is 1. The maximum Gasteiger partial charge on any atom is 0.268 e. The number of nitrogens with zero attached hydrogens (tertiary/aromatic N) is 3. The summed E-state index contributed by atoms with van der Waals surface area (Å²) >= 11 is 0. The first kappa shape index (κ1) is 23.8. The second-order valence-electron chi connectivity index (χ2n) is 9.67. The summed E-state index contributed by atoms with van der Waals surface area (Å²) in [6, 6.07) is 8.76. The molecule has 0 atom stereocenters. The maximum absolute atomic E-state index is 12.4. The van der Waals surface area contributed by atoms with Gasteiger partial charge in [0.2, 0.25) is 5.91 Å². The highest BCUT2D eigenvalue weighted by atomic mass is 16.2. The number of hydrogen-bond donors (Lipinski definition) is 2. The van der Waals surface area contributed by atoms with E-state index in [1.165, 1.54) is 21.1 Å². The number of nitriles is 1. The van der Waals surface area contributed by atoms with E-state index in [4.69, 9.17) is 0 Å². The molecule has 0 bridgehead atoms. The summed E-state index contributed by atoms with van der Waals surface area (Å²) in [5.74, 6) is 0.790. The molecule has 4 rings (SSSR count). The number of nitrogens with one attached hydrogen (secondary N) is 2. The van der Waals surface area contributed by atoms with Gasteiger partial charge in [0, 0.05) is 36.8 Å². The van der Waals surface area contributed by atoms with E-state index >= 15 is 0 Å². The first-order valence-electron chi connectivity index (χ1n) is 11.9. The lowest BCUT2D eigenvalue weighted by molar-refractivity contribution is -0.122. The molecule has 178 valence electrons. The number of H-pyrrole nitrogens is 1. The molecule has 7 nitrogen and oxygen atoms in total. The first-order valence-corrected chi connectivity index (χ1v) is 11.9. The standard InChI is InChI=1S/C27H33N5O2/c1-16(2)25-20-12-19(18-8-10-32(11-9-18)15-24(33)29-4)6-7-23(20)30-26(25)22-14-31(5)27(34)21(13-28)17(22)3/h6-7,12,14,16,18,30H,8-11,15H2,1-5H3,(H,29,33). The van der Waals surface area contributed by atoms with Crippen LogP contribution in [0.25, 0.3) is 22.2 Å². The van der Waals surface area contributed by atoms with Crippen LogP contribution >= 0.6 is 0 Å². The zero-order valence-corrected chi connectivity index (χ0v) is 20.7. The lowest BCUT2D eigenvalue weighted by Gasteiger charge is -2.31. The molecule has 7 heteroatoms. The molecule has 1 aliphatic heterocycles. The third-order valence-corrected chi connectivity index (χ3v) is 7.16. The van der Waals surface area contributed by atoms with Crippen molar-refractivity contribution in [1.29, 1.82) is 5.26 Å². The van der Waals surface area contributed by atoms with Crippen molar-refractivity contribution < 1.29 is 4.79 Å². The van der Waals surface area contributed by atoms with Gasteiger partial charge >= 0.3 is 0 Å². The van der Waals surface area contributed by atoms with Gasteiger partial charge in [-0.3, -0.25) is 14.5 Å². The number of piperidine rings is 1. The number of aromatic amines is 1. The third kappa shape index (κ3) is 4.26. The van der Waals surface area contributed by atoms with Crippen LogP contribution in [0.5, 0.6) is 0 Å². The number of benzene rings is 1. The molecular weight excluding hydrogens is 426 g/mol. The molecule has 0 aliphatic carbocycles. The number of amides is 1. The highest BCUT2D eigenvalue weighted by molar-refractivity contribution is 5.92. The van der Waals surface area contributed by atoms with Gasteiger partial charge in [-0.1, -0.05) is 19.9 Å². The quantitative estimate of drug-likeness (QED) is 0.607. The van der Waals surface area contributed by atoms with Gasteiger partial charge < -0.3 is 14.9 Å². The van der Waals surface area contributed by atoms with Crippen LogP contribution in [0, 0.1) is 18.3 Å². The third-order valence-electron chi connectivity index (χ3n) is 7.16. The number of aromatic nitrogens is 2. The number of likely N-dealkylation sites (N-methyl/N-ethyl adjacent to an activating group) is 1. The molecule has 1 saturated heterocycles. The van der Waals surface area contributed by atoms with Crippen molar-refractivity contribution in [3.8, 4) is 17.3 Å². The van der Waals surface area contributed by atoms with E-state index in [1.54, 1.807) is 14.1 Å². The van der Waals surface area contributed by atoms with Crippen LogP contribution < -0.4 is 10.9 Å². The summed E-state index contributed by atoms with van der Waals surface area (Å²) in [7, 11) is 3.37. The Labute approximate surface area is 200 Å². The summed E-state index contributed by atoms with van der Waals surface area (Å²) in [4.78, 5) is 29.9. The van der Waals surface area contributed by atoms with Crippen LogP contribution in [0.2, 0.25) is 0 Å². The van der Waals surface area contributed by atoms with E-state index in [9.17, 15) is 14.9 Å². The Hall–Kier alpha value is -3.37. The Morgan fingerprint density at radius 3 is 2.62 bits per heavy atom. The Kier molecular flexibility index (Phi) is 6.63. The SMILES string of the molecule is CNC(=O)CN1CCC(c2ccc3[nH]c(-c4cn(C)c(=O)c(C#N)c4C)c(C(C)C)c3c2)CC1. The van der Waals surface area contributed by atoms with Crippen LogP contribution in [-0.4, -0.2) is 47.0 Å². The summed E-state index contributed by atoms with van der Waals surface area (Å²) < 4.78 is 1.49. The number of rotatable bonds is 5. The fraction of sp³-hybridized carbons (Fsp3) is 0.444. The summed E-state index contributed by atoms with van der Waals surface area (Å²) in [5.41, 5.74) is 6.10. The molecular formula is C27H33N5O2. The van der Waals surface area contributed by atoms with Gasteiger partial charge in [-0.2, -0.15) is 5.26 Å². The maximum atomic E-state index is 12.4. The van der Waals surface area contributed by atoms with Crippen molar-refractivity contribution in [3.63, 3.8) is 0 Å². The van der Waals surface area contributed by atoms with Gasteiger partial charge in [0.1, 0.15) is 11.6 Å². The number of carbonyl (C=O) groups excluding carboxylic acids is 1. The van der Waals surface area contributed by atoms with Gasteiger partial charge in [0.15, 0.2) is 0 Å². The number of pyridine rings is 1. The predicted octanol–water partition coefficient (Wildman–Crippen LogP) is 3.76. The fourth-order valence-corrected chi connectivity index (χ4v) is 5.21. The number of fused-ring (bicyclic) bond motifs is 1. The molecule has 2 N–H and O–H groups in total. The van der Waals surface area contributed by atoms with Crippen molar-refractivity contribution in [1.82, 2.24) is 19.8 Å². The molecule has 0 unspecified atom stereocenters. The number of aryl methyl sites for hydroxylation is 1. The zero-order valence-electron chi connectivity index (χ0n) is 20.7. The number of likely N-dealkylation sites (tertiary alicyclic amines) is 1. The van der Waals surface area contributed by atoms with E-state index < -0.39 is 0 Å². The van der Waals surface area contributed by atoms with Gasteiger partial charge in [-0.25, -0.2) is 0 Å². The predicted molar refractivity (Wildman–Crippen MR) is 135 cm³/mol. The second kappa shape index (κ2) is 9.47. The Morgan fingerprint density at radius 2 is 2.00 bits per heavy atom. The number of hydrogen-bond acceptors (Lipinski definition) is 4. The second-order valence-corrected chi connectivity index (χ2v) is 9.67. The van der Waals surface area contributed by atoms with Crippen LogP contribution in [0.4, 0.5) is 0 Å². The summed E-state index contributed by atoms with van der Waals surface area (Å²) in [6.45, 7) is 8.50. The van der Waals surface area contributed by atoms with Crippen molar-refractivity contribution in [3.05, 3.63) is 57.0 Å². The Balaban J connectivity index is 1.73. The van der Waals surface area contributed by atoms with Crippen molar-refractivity contribution >= 4 is 16.8 Å². The molecule has 3 aromatic rings. The lowest BCUT2D eigenvalue weighted by atomic mass is 9.87. The van der Waals surface area contributed by atoms with E-state index in [2.05, 4.69) is 53.3 Å². The minimum Gasteiger partial charge on any atom is -0.358 e. The fourth-order valence-electron chi connectivity index (χ4n) is 5.21. The average molecular weight is 460 g/mol. The van der Waals surface area contributed by atoms with E-state index in [1.807, 2.05) is 13.1 Å². The topological polar surface area (TPSA) is 93.9 Å². The molecule has 1 amide bonds. The molecule has 1 aliphatic rings. The van der Waals surface area contributed by atoms with Crippen LogP contribution in [0.15, 0.2) is 29.2 Å². The van der Waals surface area contributed by atoms with Crippen LogP contribution in [0.1, 0.15) is 60.8 Å². The van der Waals surface area contributed by atoms with Gasteiger partial charge in [-0.15, -0.1) is 0 Å². The smallest absolute Gasteiger partial charge is 0.268 e.